The quantitative estimate of drug-likeness (QED) is 0.832. The van der Waals surface area contributed by atoms with Gasteiger partial charge in [-0.15, -0.1) is 0 Å². The van der Waals surface area contributed by atoms with Gasteiger partial charge in [-0.25, -0.2) is 8.42 Å². The Morgan fingerprint density at radius 3 is 2.80 bits per heavy atom. The molecule has 1 fully saturated rings. The number of rotatable bonds is 2. The summed E-state index contributed by atoms with van der Waals surface area (Å²) >= 11 is 0. The minimum Gasteiger partial charge on any atom is -0.341 e. The van der Waals surface area contributed by atoms with E-state index in [9.17, 15) is 13.2 Å². The first-order chi connectivity index (χ1) is 9.38. The fourth-order valence-corrected chi connectivity index (χ4v) is 3.77. The smallest absolute Gasteiger partial charge is 0.227 e. The third kappa shape index (κ3) is 3.60. The molecule has 1 aliphatic heterocycles. The van der Waals surface area contributed by atoms with Crippen molar-refractivity contribution in [2.45, 2.75) is 31.9 Å². The fraction of sp³-hybridized carbons (Fsp3) is 0.533. The maximum Gasteiger partial charge on any atom is 0.227 e. The Bertz CT molecular complexity index is 595. The van der Waals surface area contributed by atoms with E-state index in [4.69, 9.17) is 0 Å². The molecule has 1 atom stereocenters. The molecule has 110 valence electrons. The van der Waals surface area contributed by atoms with Gasteiger partial charge in [-0.05, 0) is 25.8 Å². The maximum atomic E-state index is 12.3. The zero-order chi connectivity index (χ0) is 14.8. The van der Waals surface area contributed by atoms with Gasteiger partial charge in [-0.1, -0.05) is 29.8 Å². The van der Waals surface area contributed by atoms with Crippen LogP contribution in [0.1, 0.15) is 24.5 Å². The molecule has 1 heterocycles. The van der Waals surface area contributed by atoms with E-state index >= 15 is 0 Å². The third-order valence-corrected chi connectivity index (χ3v) is 6.07. The van der Waals surface area contributed by atoms with Crippen LogP contribution < -0.4 is 0 Å². The molecule has 2 rings (SSSR count). The van der Waals surface area contributed by atoms with Gasteiger partial charge in [0.1, 0.15) is 0 Å². The molecule has 0 N–H and O–H groups in total. The molecule has 1 unspecified atom stereocenters. The lowest BCUT2D eigenvalue weighted by Gasteiger charge is -2.20. The van der Waals surface area contributed by atoms with Crippen LogP contribution in [0.25, 0.3) is 0 Å². The molecule has 1 aliphatic rings. The fourth-order valence-electron chi connectivity index (χ4n) is 2.43. The number of carbonyl (C=O) groups is 1. The number of benzene rings is 1. The second-order valence-corrected chi connectivity index (χ2v) is 8.05. The second-order valence-electron chi connectivity index (χ2n) is 5.51. The van der Waals surface area contributed by atoms with Gasteiger partial charge < -0.3 is 4.90 Å². The SMILES string of the molecule is Cc1cccc(CC(=O)N2CCC(C)S(=O)(=O)CC2)c1. The third-order valence-electron chi connectivity index (χ3n) is 3.85. The lowest BCUT2D eigenvalue weighted by molar-refractivity contribution is -0.130. The van der Waals surface area contributed by atoms with Crippen LogP contribution in [-0.2, 0) is 21.1 Å². The average molecular weight is 295 g/mol. The molecule has 0 aromatic heterocycles. The van der Waals surface area contributed by atoms with Crippen molar-refractivity contribution < 1.29 is 13.2 Å². The molecular formula is C15H21NO3S. The summed E-state index contributed by atoms with van der Waals surface area (Å²) in [6.07, 6.45) is 0.873. The monoisotopic (exact) mass is 295 g/mol. The van der Waals surface area contributed by atoms with Crippen LogP contribution in [-0.4, -0.2) is 43.3 Å². The van der Waals surface area contributed by atoms with E-state index in [2.05, 4.69) is 0 Å². The zero-order valence-corrected chi connectivity index (χ0v) is 12.8. The van der Waals surface area contributed by atoms with Crippen molar-refractivity contribution in [3.63, 3.8) is 0 Å². The van der Waals surface area contributed by atoms with Gasteiger partial charge in [0.15, 0.2) is 9.84 Å². The summed E-state index contributed by atoms with van der Waals surface area (Å²) in [6.45, 7) is 4.57. The first-order valence-corrected chi connectivity index (χ1v) is 8.65. The minimum absolute atomic E-state index is 0.0138. The standard InChI is InChI=1S/C15H21NO3S/c1-12-4-3-5-14(10-12)11-15(17)16-7-6-13(2)20(18,19)9-8-16/h3-5,10,13H,6-9,11H2,1-2H3. The predicted molar refractivity (Wildman–Crippen MR) is 79.3 cm³/mol. The van der Waals surface area contributed by atoms with Crippen molar-refractivity contribution in [1.29, 1.82) is 0 Å². The lowest BCUT2D eigenvalue weighted by atomic mass is 10.1. The maximum absolute atomic E-state index is 12.3. The Hall–Kier alpha value is -1.36. The molecule has 20 heavy (non-hydrogen) atoms. The molecule has 0 radical (unpaired) electrons. The van der Waals surface area contributed by atoms with E-state index in [0.717, 1.165) is 11.1 Å². The molecule has 1 aromatic rings. The summed E-state index contributed by atoms with van der Waals surface area (Å²) < 4.78 is 23.7. The first kappa shape index (κ1) is 15.0. The van der Waals surface area contributed by atoms with Gasteiger partial charge in [0.2, 0.25) is 5.91 Å². The van der Waals surface area contributed by atoms with Crippen molar-refractivity contribution in [3.8, 4) is 0 Å². The highest BCUT2D eigenvalue weighted by Crippen LogP contribution is 2.14. The molecule has 0 aliphatic carbocycles. The summed E-state index contributed by atoms with van der Waals surface area (Å²) in [5.74, 6) is 0.0909. The van der Waals surface area contributed by atoms with E-state index in [0.29, 0.717) is 25.9 Å². The highest BCUT2D eigenvalue weighted by Gasteiger charge is 2.28. The Morgan fingerprint density at radius 1 is 1.35 bits per heavy atom. The number of aryl methyl sites for hydroxylation is 1. The van der Waals surface area contributed by atoms with Crippen molar-refractivity contribution in [2.75, 3.05) is 18.8 Å². The van der Waals surface area contributed by atoms with Crippen LogP contribution in [0.5, 0.6) is 0 Å². The number of hydrogen-bond donors (Lipinski definition) is 0. The normalized spacial score (nSPS) is 22.3. The number of nitrogens with zero attached hydrogens (tertiary/aromatic N) is 1. The van der Waals surface area contributed by atoms with Gasteiger partial charge in [-0.3, -0.25) is 4.79 Å². The van der Waals surface area contributed by atoms with Crippen molar-refractivity contribution in [2.24, 2.45) is 0 Å². The Balaban J connectivity index is 2.03. The Morgan fingerprint density at radius 2 is 2.10 bits per heavy atom. The van der Waals surface area contributed by atoms with Gasteiger partial charge in [0, 0.05) is 13.1 Å². The van der Waals surface area contributed by atoms with Crippen molar-refractivity contribution in [3.05, 3.63) is 35.4 Å². The first-order valence-electron chi connectivity index (χ1n) is 6.93. The topological polar surface area (TPSA) is 54.5 Å². The molecular weight excluding hydrogens is 274 g/mol. The average Bonchev–Trinajstić information content (AvgIpc) is 2.50. The van der Waals surface area contributed by atoms with Gasteiger partial charge >= 0.3 is 0 Å². The number of hydrogen-bond acceptors (Lipinski definition) is 3. The summed E-state index contributed by atoms with van der Waals surface area (Å²) in [5.41, 5.74) is 2.11. The van der Waals surface area contributed by atoms with Crippen LogP contribution in [0.4, 0.5) is 0 Å². The Labute approximate surface area is 120 Å². The molecule has 1 amide bonds. The van der Waals surface area contributed by atoms with Crippen molar-refractivity contribution >= 4 is 15.7 Å². The second kappa shape index (κ2) is 5.95. The molecule has 5 heteroatoms. The summed E-state index contributed by atoms with van der Waals surface area (Å²) in [7, 11) is -3.04. The molecule has 0 saturated carbocycles. The summed E-state index contributed by atoms with van der Waals surface area (Å²) in [4.78, 5) is 14.0. The Kier molecular flexibility index (Phi) is 4.48. The summed E-state index contributed by atoms with van der Waals surface area (Å²) in [6, 6.07) is 7.86. The molecule has 1 aromatic carbocycles. The van der Waals surface area contributed by atoms with Gasteiger partial charge in [0.25, 0.3) is 0 Å². The van der Waals surface area contributed by atoms with E-state index in [-0.39, 0.29) is 16.9 Å². The van der Waals surface area contributed by atoms with E-state index < -0.39 is 9.84 Å². The molecule has 1 saturated heterocycles. The number of amides is 1. The number of sulfone groups is 1. The predicted octanol–water partition coefficient (Wildman–Crippen LogP) is 1.57. The summed E-state index contributed by atoms with van der Waals surface area (Å²) in [5, 5.41) is -0.348. The number of carbonyl (C=O) groups excluding carboxylic acids is 1. The van der Waals surface area contributed by atoms with Crippen LogP contribution in [0.3, 0.4) is 0 Å². The highest BCUT2D eigenvalue weighted by atomic mass is 32.2. The highest BCUT2D eigenvalue weighted by molar-refractivity contribution is 7.92. The van der Waals surface area contributed by atoms with Crippen LogP contribution in [0.15, 0.2) is 24.3 Å². The molecule has 0 bridgehead atoms. The van der Waals surface area contributed by atoms with Gasteiger partial charge in [-0.2, -0.15) is 0 Å². The van der Waals surface area contributed by atoms with E-state index in [1.807, 2.05) is 31.2 Å². The van der Waals surface area contributed by atoms with Gasteiger partial charge in [0.05, 0.1) is 17.4 Å². The van der Waals surface area contributed by atoms with E-state index in [1.165, 1.54) is 0 Å². The lowest BCUT2D eigenvalue weighted by Crippen LogP contribution is -2.34. The molecule has 4 nitrogen and oxygen atoms in total. The van der Waals surface area contributed by atoms with Crippen LogP contribution >= 0.6 is 0 Å². The van der Waals surface area contributed by atoms with E-state index in [1.54, 1.807) is 11.8 Å². The zero-order valence-electron chi connectivity index (χ0n) is 12.0. The molecule has 0 spiro atoms. The van der Waals surface area contributed by atoms with Crippen LogP contribution in [0.2, 0.25) is 0 Å². The van der Waals surface area contributed by atoms with Crippen molar-refractivity contribution in [1.82, 2.24) is 4.90 Å². The van der Waals surface area contributed by atoms with Crippen LogP contribution in [0, 0.1) is 6.92 Å². The largest absolute Gasteiger partial charge is 0.341 e. The minimum atomic E-state index is -3.04.